The fraction of sp³-hybridized carbons (Fsp3) is 0.143. The molecule has 0 fully saturated rings. The molecule has 2 aromatic rings. The molecular formula is C14H13NO4. The van der Waals surface area contributed by atoms with E-state index in [0.717, 1.165) is 11.3 Å². The standard InChI is InChI=1S/C14H13NO4/c1-18-11-2-4-12(5-3-11)19-9-10-6-7-15-13(8-10)14(16)17/h2-8H,9H2,1H3,(H,16,17). The van der Waals surface area contributed by atoms with Crippen molar-refractivity contribution in [2.45, 2.75) is 6.61 Å². The highest BCUT2D eigenvalue weighted by Gasteiger charge is 2.05. The number of benzene rings is 1. The normalized spacial score (nSPS) is 9.95. The van der Waals surface area contributed by atoms with Gasteiger partial charge in [-0.2, -0.15) is 0 Å². The fourth-order valence-corrected chi connectivity index (χ4v) is 1.52. The van der Waals surface area contributed by atoms with Gasteiger partial charge in [0.15, 0.2) is 0 Å². The molecular weight excluding hydrogens is 246 g/mol. The van der Waals surface area contributed by atoms with Gasteiger partial charge < -0.3 is 14.6 Å². The summed E-state index contributed by atoms with van der Waals surface area (Å²) in [6.07, 6.45) is 1.45. The zero-order valence-electron chi connectivity index (χ0n) is 10.4. The van der Waals surface area contributed by atoms with Gasteiger partial charge >= 0.3 is 5.97 Å². The number of rotatable bonds is 5. The number of aromatic carboxylic acids is 1. The van der Waals surface area contributed by atoms with Crippen LogP contribution in [0.4, 0.5) is 0 Å². The third-order valence-corrected chi connectivity index (χ3v) is 2.51. The lowest BCUT2D eigenvalue weighted by molar-refractivity contribution is 0.0690. The summed E-state index contributed by atoms with van der Waals surface area (Å²) in [6.45, 7) is 0.287. The third kappa shape index (κ3) is 3.45. The maximum absolute atomic E-state index is 10.8. The van der Waals surface area contributed by atoms with E-state index in [1.807, 2.05) is 0 Å². The Morgan fingerprint density at radius 1 is 1.21 bits per heavy atom. The van der Waals surface area contributed by atoms with Crippen LogP contribution in [0.3, 0.4) is 0 Å². The molecule has 1 N–H and O–H groups in total. The van der Waals surface area contributed by atoms with Crippen LogP contribution in [0.15, 0.2) is 42.6 Å². The van der Waals surface area contributed by atoms with E-state index < -0.39 is 5.97 Å². The minimum Gasteiger partial charge on any atom is -0.497 e. The quantitative estimate of drug-likeness (QED) is 0.892. The van der Waals surface area contributed by atoms with Crippen LogP contribution in [0, 0.1) is 0 Å². The summed E-state index contributed by atoms with van der Waals surface area (Å²) in [5.41, 5.74) is 0.763. The number of pyridine rings is 1. The second-order valence-corrected chi connectivity index (χ2v) is 3.82. The summed E-state index contributed by atoms with van der Waals surface area (Å²) in [5.74, 6) is 0.394. The smallest absolute Gasteiger partial charge is 0.354 e. The van der Waals surface area contributed by atoms with Crippen LogP contribution in [-0.2, 0) is 6.61 Å². The fourth-order valence-electron chi connectivity index (χ4n) is 1.52. The molecule has 1 heterocycles. The average molecular weight is 259 g/mol. The van der Waals surface area contributed by atoms with Gasteiger partial charge in [-0.25, -0.2) is 9.78 Å². The lowest BCUT2D eigenvalue weighted by atomic mass is 10.2. The van der Waals surface area contributed by atoms with E-state index in [2.05, 4.69) is 4.98 Å². The molecule has 0 spiro atoms. The Morgan fingerprint density at radius 2 is 1.89 bits per heavy atom. The Hall–Kier alpha value is -2.56. The van der Waals surface area contributed by atoms with Gasteiger partial charge in [-0.1, -0.05) is 0 Å². The van der Waals surface area contributed by atoms with Crippen molar-refractivity contribution in [2.24, 2.45) is 0 Å². The van der Waals surface area contributed by atoms with Crippen molar-refractivity contribution >= 4 is 5.97 Å². The molecule has 98 valence electrons. The average Bonchev–Trinajstić information content (AvgIpc) is 2.46. The van der Waals surface area contributed by atoms with Gasteiger partial charge in [0, 0.05) is 6.20 Å². The Balaban J connectivity index is 2.01. The second kappa shape index (κ2) is 5.86. The number of carboxylic acid groups (broad SMARTS) is 1. The number of aromatic nitrogens is 1. The molecule has 5 nitrogen and oxygen atoms in total. The minimum atomic E-state index is -1.05. The highest BCUT2D eigenvalue weighted by Crippen LogP contribution is 2.18. The number of hydrogen-bond donors (Lipinski definition) is 1. The first-order chi connectivity index (χ1) is 9.19. The largest absolute Gasteiger partial charge is 0.497 e. The van der Waals surface area contributed by atoms with Crippen LogP contribution in [0.5, 0.6) is 11.5 Å². The van der Waals surface area contributed by atoms with Crippen LogP contribution in [0.1, 0.15) is 16.1 Å². The second-order valence-electron chi connectivity index (χ2n) is 3.82. The van der Waals surface area contributed by atoms with Crippen LogP contribution >= 0.6 is 0 Å². The van der Waals surface area contributed by atoms with Crippen molar-refractivity contribution in [3.05, 3.63) is 53.9 Å². The van der Waals surface area contributed by atoms with E-state index in [4.69, 9.17) is 14.6 Å². The van der Waals surface area contributed by atoms with Gasteiger partial charge in [-0.15, -0.1) is 0 Å². The molecule has 19 heavy (non-hydrogen) atoms. The number of hydrogen-bond acceptors (Lipinski definition) is 4. The number of carbonyl (C=O) groups is 1. The number of methoxy groups -OCH3 is 1. The molecule has 0 bridgehead atoms. The van der Waals surface area contributed by atoms with Crippen molar-refractivity contribution in [1.29, 1.82) is 0 Å². The summed E-state index contributed by atoms with van der Waals surface area (Å²) in [6, 6.07) is 10.4. The van der Waals surface area contributed by atoms with Gasteiger partial charge in [0.1, 0.15) is 23.8 Å². The van der Waals surface area contributed by atoms with Crippen molar-refractivity contribution in [2.75, 3.05) is 7.11 Å². The minimum absolute atomic E-state index is 0.0100. The summed E-state index contributed by atoms with van der Waals surface area (Å²) >= 11 is 0. The van der Waals surface area contributed by atoms with E-state index in [1.54, 1.807) is 37.4 Å². The van der Waals surface area contributed by atoms with Crippen molar-refractivity contribution in [3.8, 4) is 11.5 Å². The van der Waals surface area contributed by atoms with Crippen molar-refractivity contribution in [3.63, 3.8) is 0 Å². The molecule has 0 aliphatic heterocycles. The number of nitrogens with zero attached hydrogens (tertiary/aromatic N) is 1. The molecule has 0 radical (unpaired) electrons. The van der Waals surface area contributed by atoms with E-state index in [1.165, 1.54) is 12.3 Å². The molecule has 1 aromatic heterocycles. The summed E-state index contributed by atoms with van der Waals surface area (Å²) < 4.78 is 10.6. The molecule has 0 aliphatic rings. The first-order valence-electron chi connectivity index (χ1n) is 5.64. The maximum Gasteiger partial charge on any atom is 0.354 e. The lowest BCUT2D eigenvalue weighted by Crippen LogP contribution is -2.02. The molecule has 2 rings (SSSR count). The lowest BCUT2D eigenvalue weighted by Gasteiger charge is -2.07. The number of carboxylic acids is 1. The van der Waals surface area contributed by atoms with Crippen LogP contribution in [0.25, 0.3) is 0 Å². The van der Waals surface area contributed by atoms with Gasteiger partial charge in [0.25, 0.3) is 0 Å². The Morgan fingerprint density at radius 3 is 2.53 bits per heavy atom. The topological polar surface area (TPSA) is 68.7 Å². The molecule has 0 atom stereocenters. The molecule has 0 unspecified atom stereocenters. The van der Waals surface area contributed by atoms with E-state index in [-0.39, 0.29) is 12.3 Å². The Labute approximate surface area is 110 Å². The predicted molar refractivity (Wildman–Crippen MR) is 68.5 cm³/mol. The van der Waals surface area contributed by atoms with Gasteiger partial charge in [-0.05, 0) is 42.0 Å². The highest BCUT2D eigenvalue weighted by atomic mass is 16.5. The van der Waals surface area contributed by atoms with Gasteiger partial charge in [0.05, 0.1) is 7.11 Å². The molecule has 0 aliphatic carbocycles. The first kappa shape index (κ1) is 12.9. The zero-order valence-corrected chi connectivity index (χ0v) is 10.4. The molecule has 1 aromatic carbocycles. The first-order valence-corrected chi connectivity index (χ1v) is 5.64. The zero-order chi connectivity index (χ0) is 13.7. The molecule has 0 amide bonds. The molecule has 0 saturated carbocycles. The van der Waals surface area contributed by atoms with Crippen molar-refractivity contribution < 1.29 is 19.4 Å². The monoisotopic (exact) mass is 259 g/mol. The van der Waals surface area contributed by atoms with Gasteiger partial charge in [-0.3, -0.25) is 0 Å². The van der Waals surface area contributed by atoms with E-state index in [0.29, 0.717) is 5.75 Å². The SMILES string of the molecule is COc1ccc(OCc2ccnc(C(=O)O)c2)cc1. The Bertz CT molecular complexity index is 566. The van der Waals surface area contributed by atoms with Crippen LogP contribution in [-0.4, -0.2) is 23.2 Å². The van der Waals surface area contributed by atoms with Crippen molar-refractivity contribution in [1.82, 2.24) is 4.98 Å². The maximum atomic E-state index is 10.8. The highest BCUT2D eigenvalue weighted by molar-refractivity contribution is 5.85. The van der Waals surface area contributed by atoms with Crippen LogP contribution in [0.2, 0.25) is 0 Å². The van der Waals surface area contributed by atoms with E-state index in [9.17, 15) is 4.79 Å². The summed E-state index contributed by atoms with van der Waals surface area (Å²) in [4.78, 5) is 14.5. The summed E-state index contributed by atoms with van der Waals surface area (Å²) in [5, 5.41) is 8.83. The van der Waals surface area contributed by atoms with Crippen LogP contribution < -0.4 is 9.47 Å². The van der Waals surface area contributed by atoms with Gasteiger partial charge in [0.2, 0.25) is 0 Å². The Kier molecular flexibility index (Phi) is 3.97. The number of ether oxygens (including phenoxy) is 2. The third-order valence-electron chi connectivity index (χ3n) is 2.51. The van der Waals surface area contributed by atoms with E-state index >= 15 is 0 Å². The molecule has 0 saturated heterocycles. The predicted octanol–water partition coefficient (Wildman–Crippen LogP) is 2.37. The molecule has 5 heteroatoms. The summed E-state index contributed by atoms with van der Waals surface area (Å²) in [7, 11) is 1.60.